The number of fused-ring (bicyclic) bond motifs is 1. The molecule has 1 nitrogen and oxygen atoms in total. The number of rotatable bonds is 1. The first-order chi connectivity index (χ1) is 8.59. The Morgan fingerprint density at radius 3 is 3.25 bits per heavy atom. The van der Waals surface area contributed by atoms with Crippen LogP contribution in [0.3, 0.4) is 0 Å². The molecule has 0 fully saturated rings. The predicted molar refractivity (Wildman–Crippen MR) is 49.5 cm³/mol. The molecule has 0 amide bonds. The minimum absolute atomic E-state index is 0.0976. The van der Waals surface area contributed by atoms with Crippen molar-refractivity contribution in [3.63, 3.8) is 0 Å². The van der Waals surface area contributed by atoms with Gasteiger partial charge in [0, 0.05) is 21.1 Å². The van der Waals surface area contributed by atoms with Gasteiger partial charge in [0.05, 0.1) is 6.61 Å². The molecule has 1 aliphatic rings. The lowest BCUT2D eigenvalue weighted by atomic mass is 9.90. The van der Waals surface area contributed by atoms with E-state index >= 15 is 0 Å². The molecule has 1 aromatic rings. The van der Waals surface area contributed by atoms with Crippen LogP contribution in [0.5, 0.6) is 5.75 Å². The third-order valence-corrected chi connectivity index (χ3v) is 2.05. The standard InChI is InChI=1S/C11H14O/c1-8(2)10-7-12-11-6-4-3-5-9(10)11/h3-6,8,10H,7H2,1-2H3/i1D3,2D3,8D. The minimum atomic E-state index is -2.93. The van der Waals surface area contributed by atoms with Crippen molar-refractivity contribution in [3.8, 4) is 5.75 Å². The lowest BCUT2D eigenvalue weighted by Crippen LogP contribution is -2.07. The monoisotopic (exact) mass is 169 g/mol. The van der Waals surface area contributed by atoms with Gasteiger partial charge in [0.1, 0.15) is 5.75 Å². The van der Waals surface area contributed by atoms with Crippen molar-refractivity contribution in [1.29, 1.82) is 0 Å². The van der Waals surface area contributed by atoms with Crippen LogP contribution in [0.15, 0.2) is 24.3 Å². The summed E-state index contributed by atoms with van der Waals surface area (Å²) in [7, 11) is 0. The van der Waals surface area contributed by atoms with Crippen molar-refractivity contribution in [2.75, 3.05) is 6.61 Å². The Kier molecular flexibility index (Phi) is 0.717. The summed E-state index contributed by atoms with van der Waals surface area (Å²) in [6.45, 7) is -5.95. The third kappa shape index (κ3) is 1.09. The molecule has 0 bridgehead atoms. The van der Waals surface area contributed by atoms with Crippen molar-refractivity contribution < 1.29 is 14.3 Å². The minimum Gasteiger partial charge on any atom is -0.493 e. The zero-order chi connectivity index (χ0) is 14.5. The van der Waals surface area contributed by atoms with Crippen molar-refractivity contribution >= 4 is 0 Å². The van der Waals surface area contributed by atoms with E-state index in [0.717, 1.165) is 0 Å². The fraction of sp³-hybridized carbons (Fsp3) is 0.455. The summed E-state index contributed by atoms with van der Waals surface area (Å²) in [5.41, 5.74) is 0.477. The summed E-state index contributed by atoms with van der Waals surface area (Å²) in [6.07, 6.45) is 0. The van der Waals surface area contributed by atoms with Crippen LogP contribution in [0.1, 0.15) is 34.8 Å². The van der Waals surface area contributed by atoms with E-state index < -0.39 is 25.5 Å². The van der Waals surface area contributed by atoms with Crippen molar-refractivity contribution in [2.45, 2.75) is 19.6 Å². The van der Waals surface area contributed by atoms with E-state index in [1.165, 1.54) is 0 Å². The van der Waals surface area contributed by atoms with Crippen LogP contribution in [0.25, 0.3) is 0 Å². The summed E-state index contributed by atoms with van der Waals surface area (Å²) >= 11 is 0. The number of benzene rings is 1. The molecule has 2 rings (SSSR count). The zero-order valence-electron chi connectivity index (χ0n) is 13.5. The molecule has 1 heteroatoms. The molecule has 1 aromatic carbocycles. The first-order valence-corrected chi connectivity index (χ1v) is 3.81. The highest BCUT2D eigenvalue weighted by molar-refractivity contribution is 5.39. The van der Waals surface area contributed by atoms with E-state index in [1.807, 2.05) is 0 Å². The molecule has 1 unspecified atom stereocenters. The fourth-order valence-electron chi connectivity index (χ4n) is 1.40. The van der Waals surface area contributed by atoms with Crippen LogP contribution in [0.4, 0.5) is 0 Å². The summed E-state index contributed by atoms with van der Waals surface area (Å²) < 4.78 is 58.3. The molecule has 0 aromatic heterocycles. The lowest BCUT2D eigenvalue weighted by Gasteiger charge is -2.11. The van der Waals surface area contributed by atoms with Gasteiger partial charge in [-0.1, -0.05) is 31.9 Å². The van der Waals surface area contributed by atoms with Gasteiger partial charge in [0.2, 0.25) is 0 Å². The van der Waals surface area contributed by atoms with Crippen molar-refractivity contribution in [3.05, 3.63) is 29.8 Å². The Balaban J connectivity index is 2.55. The van der Waals surface area contributed by atoms with E-state index in [0.29, 0.717) is 11.3 Å². The second kappa shape index (κ2) is 2.81. The molecule has 1 heterocycles. The SMILES string of the molecule is [2H]C([2H])([2H])C([2H])(C1COc2ccccc21)C([2H])([2H])[2H]. The maximum absolute atomic E-state index is 8.15. The van der Waals surface area contributed by atoms with Crippen LogP contribution in [0.2, 0.25) is 0 Å². The van der Waals surface area contributed by atoms with Crippen LogP contribution < -0.4 is 4.74 Å². The van der Waals surface area contributed by atoms with E-state index in [-0.39, 0.29) is 6.61 Å². The van der Waals surface area contributed by atoms with Crippen molar-refractivity contribution in [1.82, 2.24) is 0 Å². The number of para-hydroxylation sites is 1. The molecule has 0 spiro atoms. The highest BCUT2D eigenvalue weighted by Gasteiger charge is 2.25. The molecular weight excluding hydrogens is 148 g/mol. The maximum Gasteiger partial charge on any atom is 0.122 e. The average molecular weight is 169 g/mol. The molecule has 0 radical (unpaired) electrons. The molecule has 1 atom stereocenters. The Morgan fingerprint density at radius 2 is 2.42 bits per heavy atom. The van der Waals surface area contributed by atoms with E-state index in [1.54, 1.807) is 24.3 Å². The largest absolute Gasteiger partial charge is 0.493 e. The number of hydrogen-bond acceptors (Lipinski definition) is 1. The molecule has 0 aliphatic carbocycles. The zero-order valence-corrected chi connectivity index (χ0v) is 6.50. The van der Waals surface area contributed by atoms with Gasteiger partial charge in [-0.2, -0.15) is 0 Å². The first kappa shape index (κ1) is 3.06. The normalized spacial score (nSPS) is 32.3. The highest BCUT2D eigenvalue weighted by Crippen LogP contribution is 2.37. The number of ether oxygens (including phenoxy) is 1. The van der Waals surface area contributed by atoms with Crippen molar-refractivity contribution in [2.24, 2.45) is 5.89 Å². The van der Waals surface area contributed by atoms with Gasteiger partial charge in [0.25, 0.3) is 0 Å². The second-order valence-electron chi connectivity index (χ2n) is 2.82. The summed E-state index contributed by atoms with van der Waals surface area (Å²) in [5.74, 6) is -3.12. The highest BCUT2D eigenvalue weighted by atomic mass is 16.5. The van der Waals surface area contributed by atoms with E-state index in [4.69, 9.17) is 14.3 Å². The molecule has 0 N–H and O–H groups in total. The topological polar surface area (TPSA) is 9.23 Å². The van der Waals surface area contributed by atoms with Gasteiger partial charge in [-0.05, 0) is 12.0 Å². The van der Waals surface area contributed by atoms with Gasteiger partial charge in [-0.15, -0.1) is 0 Å². The Bertz CT molecular complexity index is 463. The van der Waals surface area contributed by atoms with Gasteiger partial charge >= 0.3 is 0 Å². The summed E-state index contributed by atoms with van der Waals surface area (Å²) in [4.78, 5) is 0. The predicted octanol–water partition coefficient (Wildman–Crippen LogP) is 2.82. The molecule has 12 heavy (non-hydrogen) atoms. The van der Waals surface area contributed by atoms with E-state index in [2.05, 4.69) is 0 Å². The second-order valence-corrected chi connectivity index (χ2v) is 2.82. The Labute approximate surface area is 83.2 Å². The number of hydrogen-bond donors (Lipinski definition) is 0. The van der Waals surface area contributed by atoms with Crippen LogP contribution in [-0.2, 0) is 0 Å². The first-order valence-electron chi connectivity index (χ1n) is 7.31. The Morgan fingerprint density at radius 1 is 1.58 bits per heavy atom. The van der Waals surface area contributed by atoms with Gasteiger partial charge < -0.3 is 4.74 Å². The Hall–Kier alpha value is -0.980. The molecule has 64 valence electrons. The summed E-state index contributed by atoms with van der Waals surface area (Å²) in [5, 5.41) is 0. The van der Waals surface area contributed by atoms with Crippen LogP contribution in [0, 0.1) is 5.89 Å². The third-order valence-electron chi connectivity index (χ3n) is 2.05. The van der Waals surface area contributed by atoms with Crippen LogP contribution in [-0.4, -0.2) is 6.61 Å². The van der Waals surface area contributed by atoms with E-state index in [9.17, 15) is 0 Å². The quantitative estimate of drug-likeness (QED) is 0.628. The molecule has 0 saturated carbocycles. The fourth-order valence-corrected chi connectivity index (χ4v) is 1.40. The average Bonchev–Trinajstić information content (AvgIpc) is 2.68. The maximum atomic E-state index is 8.15. The molecular formula is C11H14O. The van der Waals surface area contributed by atoms with Gasteiger partial charge in [0.15, 0.2) is 0 Å². The lowest BCUT2D eigenvalue weighted by molar-refractivity contribution is 0.304. The molecule has 1 aliphatic heterocycles. The van der Waals surface area contributed by atoms with Gasteiger partial charge in [-0.25, -0.2) is 0 Å². The smallest absolute Gasteiger partial charge is 0.122 e. The van der Waals surface area contributed by atoms with Crippen LogP contribution >= 0.6 is 0 Å². The van der Waals surface area contributed by atoms with Gasteiger partial charge in [-0.3, -0.25) is 0 Å². The summed E-state index contributed by atoms with van der Waals surface area (Å²) in [6, 6.07) is 6.67. The molecule has 0 saturated heterocycles.